The highest BCUT2D eigenvalue weighted by Gasteiger charge is 2.24. The van der Waals surface area contributed by atoms with Crippen LogP contribution >= 0.6 is 0 Å². The molecule has 0 amide bonds. The molecule has 1 aromatic carbocycles. The van der Waals surface area contributed by atoms with Gasteiger partial charge in [0.15, 0.2) is 0 Å². The van der Waals surface area contributed by atoms with Crippen molar-refractivity contribution < 1.29 is 0 Å². The minimum atomic E-state index is 0.455. The second kappa shape index (κ2) is 6.53. The first-order chi connectivity index (χ1) is 9.11. The standard InChI is InChI=1S/C17H28N2/c1-5-18-17(12-19(4)15-7-6-8-15)16-10-9-13(2)11-14(16)3/h9-11,15,17-18H,5-8,12H2,1-4H3. The van der Waals surface area contributed by atoms with Crippen molar-refractivity contribution in [3.05, 3.63) is 34.9 Å². The summed E-state index contributed by atoms with van der Waals surface area (Å²) in [4.78, 5) is 2.54. The number of hydrogen-bond donors (Lipinski definition) is 1. The summed E-state index contributed by atoms with van der Waals surface area (Å²) >= 11 is 0. The molecule has 106 valence electrons. The number of aryl methyl sites for hydroxylation is 2. The molecule has 19 heavy (non-hydrogen) atoms. The lowest BCUT2D eigenvalue weighted by Crippen LogP contribution is -2.42. The van der Waals surface area contributed by atoms with Gasteiger partial charge in [-0.3, -0.25) is 0 Å². The SMILES string of the molecule is CCNC(CN(C)C1CCC1)c1ccc(C)cc1C. The van der Waals surface area contributed by atoms with Gasteiger partial charge in [-0.1, -0.05) is 37.1 Å². The fraction of sp³-hybridized carbons (Fsp3) is 0.647. The monoisotopic (exact) mass is 260 g/mol. The lowest BCUT2D eigenvalue weighted by atomic mass is 9.91. The zero-order chi connectivity index (χ0) is 13.8. The van der Waals surface area contributed by atoms with Gasteiger partial charge in [-0.25, -0.2) is 0 Å². The van der Waals surface area contributed by atoms with E-state index >= 15 is 0 Å². The van der Waals surface area contributed by atoms with E-state index in [2.05, 4.69) is 56.2 Å². The van der Waals surface area contributed by atoms with Crippen LogP contribution in [0.25, 0.3) is 0 Å². The average Bonchev–Trinajstić information content (AvgIpc) is 2.26. The van der Waals surface area contributed by atoms with Gasteiger partial charge in [0.1, 0.15) is 0 Å². The van der Waals surface area contributed by atoms with Crippen molar-refractivity contribution in [1.29, 1.82) is 0 Å². The van der Waals surface area contributed by atoms with E-state index in [0.29, 0.717) is 6.04 Å². The van der Waals surface area contributed by atoms with E-state index in [9.17, 15) is 0 Å². The summed E-state index contributed by atoms with van der Waals surface area (Å²) in [6.45, 7) is 8.73. The van der Waals surface area contributed by atoms with Crippen LogP contribution in [0, 0.1) is 13.8 Å². The van der Waals surface area contributed by atoms with Crippen LogP contribution in [0.1, 0.15) is 48.9 Å². The van der Waals surface area contributed by atoms with Crippen molar-refractivity contribution in [2.45, 2.75) is 52.1 Å². The largest absolute Gasteiger partial charge is 0.309 e. The number of nitrogens with one attached hydrogen (secondary N) is 1. The minimum Gasteiger partial charge on any atom is -0.309 e. The van der Waals surface area contributed by atoms with Crippen LogP contribution in [0.3, 0.4) is 0 Å². The van der Waals surface area contributed by atoms with Crippen LogP contribution in [0.15, 0.2) is 18.2 Å². The molecule has 2 nitrogen and oxygen atoms in total. The molecule has 1 atom stereocenters. The highest BCUT2D eigenvalue weighted by molar-refractivity contribution is 5.33. The van der Waals surface area contributed by atoms with E-state index < -0.39 is 0 Å². The number of benzene rings is 1. The maximum absolute atomic E-state index is 3.65. The summed E-state index contributed by atoms with van der Waals surface area (Å²) in [5.74, 6) is 0. The molecular weight excluding hydrogens is 232 g/mol. The summed E-state index contributed by atoms with van der Waals surface area (Å²) in [7, 11) is 2.28. The molecule has 1 unspecified atom stereocenters. The molecule has 0 aliphatic heterocycles. The first kappa shape index (κ1) is 14.5. The molecule has 0 bridgehead atoms. The zero-order valence-electron chi connectivity index (χ0n) is 12.9. The highest BCUT2D eigenvalue weighted by Crippen LogP contribution is 2.26. The second-order valence-corrected chi connectivity index (χ2v) is 5.99. The molecule has 1 aliphatic carbocycles. The molecule has 1 N–H and O–H groups in total. The first-order valence-corrected chi connectivity index (χ1v) is 7.62. The quantitative estimate of drug-likeness (QED) is 0.843. The Kier molecular flexibility index (Phi) is 5.00. The van der Waals surface area contributed by atoms with Crippen LogP contribution in [0.2, 0.25) is 0 Å². The van der Waals surface area contributed by atoms with Gasteiger partial charge in [-0.15, -0.1) is 0 Å². The Morgan fingerprint density at radius 3 is 2.58 bits per heavy atom. The number of nitrogens with zero attached hydrogens (tertiary/aromatic N) is 1. The van der Waals surface area contributed by atoms with Crippen LogP contribution in [0.5, 0.6) is 0 Å². The van der Waals surface area contributed by atoms with E-state index in [1.54, 1.807) is 0 Å². The van der Waals surface area contributed by atoms with E-state index in [4.69, 9.17) is 0 Å². The third-order valence-electron chi connectivity index (χ3n) is 4.42. The predicted molar refractivity (Wildman–Crippen MR) is 82.6 cm³/mol. The highest BCUT2D eigenvalue weighted by atomic mass is 15.2. The number of rotatable bonds is 6. The summed E-state index contributed by atoms with van der Waals surface area (Å²) < 4.78 is 0. The van der Waals surface area contributed by atoms with E-state index in [-0.39, 0.29) is 0 Å². The van der Waals surface area contributed by atoms with Gasteiger partial charge >= 0.3 is 0 Å². The Labute approximate surface area is 118 Å². The van der Waals surface area contributed by atoms with Crippen molar-refractivity contribution in [3.63, 3.8) is 0 Å². The molecule has 1 fully saturated rings. The summed E-state index contributed by atoms with van der Waals surface area (Å²) in [5.41, 5.74) is 4.22. The van der Waals surface area contributed by atoms with E-state index in [1.165, 1.54) is 36.0 Å². The van der Waals surface area contributed by atoms with Gasteiger partial charge < -0.3 is 10.2 Å². The molecule has 0 heterocycles. The second-order valence-electron chi connectivity index (χ2n) is 5.99. The molecule has 0 radical (unpaired) electrons. The van der Waals surface area contributed by atoms with E-state index in [0.717, 1.165) is 19.1 Å². The topological polar surface area (TPSA) is 15.3 Å². The lowest BCUT2D eigenvalue weighted by Gasteiger charge is -2.37. The molecular formula is C17H28N2. The Morgan fingerprint density at radius 2 is 2.05 bits per heavy atom. The third-order valence-corrected chi connectivity index (χ3v) is 4.42. The molecule has 2 heteroatoms. The molecule has 0 spiro atoms. The van der Waals surface area contributed by atoms with Crippen LogP contribution < -0.4 is 5.32 Å². The molecule has 1 aliphatic rings. The van der Waals surface area contributed by atoms with Gasteiger partial charge in [0, 0.05) is 18.6 Å². The minimum absolute atomic E-state index is 0.455. The normalized spacial score (nSPS) is 17.5. The molecule has 0 aromatic heterocycles. The van der Waals surface area contributed by atoms with Gasteiger partial charge in [0.25, 0.3) is 0 Å². The number of hydrogen-bond acceptors (Lipinski definition) is 2. The van der Waals surface area contributed by atoms with Crippen molar-refractivity contribution in [2.24, 2.45) is 0 Å². The Hall–Kier alpha value is -0.860. The Morgan fingerprint density at radius 1 is 1.32 bits per heavy atom. The molecule has 1 aromatic rings. The summed E-state index contributed by atoms with van der Waals surface area (Å²) in [6, 6.07) is 8.09. The van der Waals surface area contributed by atoms with Crippen molar-refractivity contribution in [2.75, 3.05) is 20.1 Å². The zero-order valence-corrected chi connectivity index (χ0v) is 12.9. The van der Waals surface area contributed by atoms with Crippen LogP contribution in [-0.4, -0.2) is 31.1 Å². The van der Waals surface area contributed by atoms with Gasteiger partial charge in [-0.2, -0.15) is 0 Å². The van der Waals surface area contributed by atoms with E-state index in [1.807, 2.05) is 0 Å². The Bertz CT molecular complexity index is 410. The van der Waals surface area contributed by atoms with Crippen LogP contribution in [-0.2, 0) is 0 Å². The first-order valence-electron chi connectivity index (χ1n) is 7.62. The van der Waals surface area contributed by atoms with Crippen LogP contribution in [0.4, 0.5) is 0 Å². The van der Waals surface area contributed by atoms with Gasteiger partial charge in [-0.05, 0) is 51.4 Å². The van der Waals surface area contributed by atoms with Gasteiger partial charge in [0.2, 0.25) is 0 Å². The van der Waals surface area contributed by atoms with Crippen molar-refractivity contribution in [1.82, 2.24) is 10.2 Å². The summed E-state index contributed by atoms with van der Waals surface area (Å²) in [6.07, 6.45) is 4.16. The third kappa shape index (κ3) is 3.58. The summed E-state index contributed by atoms with van der Waals surface area (Å²) in [5, 5.41) is 3.65. The van der Waals surface area contributed by atoms with Gasteiger partial charge in [0.05, 0.1) is 0 Å². The van der Waals surface area contributed by atoms with Crippen molar-refractivity contribution in [3.8, 4) is 0 Å². The fourth-order valence-electron chi connectivity index (χ4n) is 3.00. The predicted octanol–water partition coefficient (Wildman–Crippen LogP) is 3.44. The molecule has 2 rings (SSSR count). The molecule has 0 saturated heterocycles. The smallest absolute Gasteiger partial charge is 0.0451 e. The fourth-order valence-corrected chi connectivity index (χ4v) is 3.00. The molecule has 1 saturated carbocycles. The Balaban J connectivity index is 2.09. The maximum atomic E-state index is 3.65. The maximum Gasteiger partial charge on any atom is 0.0451 e. The lowest BCUT2D eigenvalue weighted by molar-refractivity contribution is 0.145. The van der Waals surface area contributed by atoms with Crippen molar-refractivity contribution >= 4 is 0 Å². The average molecular weight is 260 g/mol. The number of likely N-dealkylation sites (N-methyl/N-ethyl adjacent to an activating group) is 2.